The van der Waals surface area contributed by atoms with Gasteiger partial charge in [0.2, 0.25) is 0 Å². The molecule has 0 radical (unpaired) electrons. The average Bonchev–Trinajstić information content (AvgIpc) is 2.95. The number of fused-ring (bicyclic) bond motifs is 1. The summed E-state index contributed by atoms with van der Waals surface area (Å²) in [5, 5.41) is 9.81. The van der Waals surface area contributed by atoms with Gasteiger partial charge in [-0.2, -0.15) is 0 Å². The van der Waals surface area contributed by atoms with Crippen molar-refractivity contribution in [3.8, 4) is 0 Å². The lowest BCUT2D eigenvalue weighted by Gasteiger charge is -2.28. The van der Waals surface area contributed by atoms with E-state index in [0.717, 1.165) is 13.0 Å². The average molecular weight is 300 g/mol. The van der Waals surface area contributed by atoms with Crippen LogP contribution >= 0.6 is 0 Å². The van der Waals surface area contributed by atoms with Crippen LogP contribution in [0, 0.1) is 0 Å². The van der Waals surface area contributed by atoms with E-state index in [1.807, 2.05) is 6.92 Å². The molecule has 0 aliphatic carbocycles. The van der Waals surface area contributed by atoms with Crippen LogP contribution in [-0.4, -0.2) is 48.8 Å². The Morgan fingerprint density at radius 2 is 1.71 bits per heavy atom. The fourth-order valence-corrected chi connectivity index (χ4v) is 3.40. The molecule has 1 N–H and O–H groups in total. The maximum Gasteiger partial charge on any atom is 0.122 e. The summed E-state index contributed by atoms with van der Waals surface area (Å²) >= 11 is 0. The molecule has 0 spiro atoms. The van der Waals surface area contributed by atoms with Crippen molar-refractivity contribution in [2.24, 2.45) is 0 Å². The third-order valence-corrected chi connectivity index (χ3v) is 4.86. The first kappa shape index (κ1) is 17.2. The molecule has 0 bridgehead atoms. The highest BCUT2D eigenvalue weighted by Gasteiger charge is 2.57. The minimum atomic E-state index is -0.508. The summed E-state index contributed by atoms with van der Waals surface area (Å²) in [6.07, 6.45) is 9.67. The normalized spacial score (nSPS) is 35.3. The molecule has 4 nitrogen and oxygen atoms in total. The molecule has 124 valence electrons. The molecule has 0 aromatic rings. The van der Waals surface area contributed by atoms with Gasteiger partial charge < -0.3 is 19.3 Å². The summed E-state index contributed by atoms with van der Waals surface area (Å²) in [7, 11) is 0. The highest BCUT2D eigenvalue weighted by Crippen LogP contribution is 2.38. The zero-order valence-corrected chi connectivity index (χ0v) is 13.7. The van der Waals surface area contributed by atoms with Gasteiger partial charge >= 0.3 is 0 Å². The van der Waals surface area contributed by atoms with Crippen molar-refractivity contribution < 1.29 is 19.3 Å². The smallest absolute Gasteiger partial charge is 0.122 e. The largest absolute Gasteiger partial charge is 0.388 e. The molecular weight excluding hydrogens is 268 g/mol. The highest BCUT2D eigenvalue weighted by atomic mass is 16.6. The van der Waals surface area contributed by atoms with Crippen molar-refractivity contribution in [1.82, 2.24) is 0 Å². The van der Waals surface area contributed by atoms with Crippen LogP contribution in [0.5, 0.6) is 0 Å². The Balaban J connectivity index is 1.52. The van der Waals surface area contributed by atoms with Crippen LogP contribution in [0.2, 0.25) is 0 Å². The van der Waals surface area contributed by atoms with Gasteiger partial charge in [0, 0.05) is 6.61 Å². The lowest BCUT2D eigenvalue weighted by molar-refractivity contribution is -0.0922. The van der Waals surface area contributed by atoms with E-state index in [1.165, 1.54) is 44.9 Å². The number of unbranched alkanes of at least 4 members (excludes halogenated alkanes) is 7. The van der Waals surface area contributed by atoms with Crippen LogP contribution in [0.4, 0.5) is 0 Å². The Morgan fingerprint density at radius 3 is 2.43 bits per heavy atom. The SMILES string of the molecule is CCCCCCCCCCO[C@@H]1CO[C@@H]2[C@@H](O)CO[C@@]21C. The van der Waals surface area contributed by atoms with Crippen molar-refractivity contribution in [2.75, 3.05) is 19.8 Å². The quantitative estimate of drug-likeness (QED) is 0.630. The number of aliphatic hydroxyl groups excluding tert-OH is 1. The van der Waals surface area contributed by atoms with Gasteiger partial charge in [-0.3, -0.25) is 0 Å². The molecule has 2 aliphatic rings. The van der Waals surface area contributed by atoms with Crippen LogP contribution < -0.4 is 0 Å². The van der Waals surface area contributed by atoms with E-state index in [0.29, 0.717) is 13.2 Å². The lowest BCUT2D eigenvalue weighted by Crippen LogP contribution is -2.45. The standard InChI is InChI=1S/C17H32O4/c1-3-4-5-6-7-8-9-10-11-19-15-13-20-16-14(18)12-21-17(15,16)2/h14-16,18H,3-13H2,1-2H3/t14-,15+,16+,17+/m0/s1. The van der Waals surface area contributed by atoms with Crippen LogP contribution in [0.15, 0.2) is 0 Å². The number of hydrogen-bond donors (Lipinski definition) is 1. The van der Waals surface area contributed by atoms with Gasteiger partial charge in [0.1, 0.15) is 23.9 Å². The first-order valence-electron chi connectivity index (χ1n) is 8.73. The van der Waals surface area contributed by atoms with E-state index in [-0.39, 0.29) is 12.2 Å². The Hall–Kier alpha value is -0.160. The molecule has 4 heteroatoms. The van der Waals surface area contributed by atoms with Crippen molar-refractivity contribution in [2.45, 2.75) is 89.1 Å². The number of ether oxygens (including phenoxy) is 3. The summed E-state index contributed by atoms with van der Waals surface area (Å²) in [5.74, 6) is 0. The van der Waals surface area contributed by atoms with Gasteiger partial charge in [-0.05, 0) is 13.3 Å². The maximum atomic E-state index is 9.81. The third kappa shape index (κ3) is 4.41. The van der Waals surface area contributed by atoms with Gasteiger partial charge in [-0.25, -0.2) is 0 Å². The molecule has 0 amide bonds. The van der Waals surface area contributed by atoms with Gasteiger partial charge in [-0.15, -0.1) is 0 Å². The van der Waals surface area contributed by atoms with Crippen molar-refractivity contribution in [3.63, 3.8) is 0 Å². The van der Waals surface area contributed by atoms with Gasteiger partial charge in [0.15, 0.2) is 0 Å². The monoisotopic (exact) mass is 300 g/mol. The molecule has 2 rings (SSSR count). The summed E-state index contributed by atoms with van der Waals surface area (Å²) in [5.41, 5.74) is -0.459. The van der Waals surface area contributed by atoms with E-state index in [2.05, 4.69) is 6.92 Å². The molecular formula is C17H32O4. The van der Waals surface area contributed by atoms with Gasteiger partial charge in [0.25, 0.3) is 0 Å². The van der Waals surface area contributed by atoms with Crippen LogP contribution in [-0.2, 0) is 14.2 Å². The summed E-state index contributed by atoms with van der Waals surface area (Å²) in [6.45, 7) is 5.92. The number of hydrogen-bond acceptors (Lipinski definition) is 4. The van der Waals surface area contributed by atoms with Crippen LogP contribution in [0.25, 0.3) is 0 Å². The second-order valence-electron chi connectivity index (χ2n) is 6.65. The molecule has 0 saturated carbocycles. The predicted octanol–water partition coefficient (Wildman–Crippen LogP) is 3.06. The van der Waals surface area contributed by atoms with Gasteiger partial charge in [0.05, 0.1) is 13.2 Å². The minimum Gasteiger partial charge on any atom is -0.388 e. The molecule has 2 heterocycles. The Labute approximate surface area is 129 Å². The number of aliphatic hydroxyl groups is 1. The molecule has 2 aliphatic heterocycles. The van der Waals surface area contributed by atoms with E-state index in [1.54, 1.807) is 0 Å². The fourth-order valence-electron chi connectivity index (χ4n) is 3.40. The second kappa shape index (κ2) is 8.47. The molecule has 2 saturated heterocycles. The van der Waals surface area contributed by atoms with Crippen LogP contribution in [0.1, 0.15) is 65.2 Å². The zero-order valence-electron chi connectivity index (χ0n) is 13.7. The van der Waals surface area contributed by atoms with Gasteiger partial charge in [-0.1, -0.05) is 51.9 Å². The summed E-state index contributed by atoms with van der Waals surface area (Å²) in [6, 6.07) is 0. The summed E-state index contributed by atoms with van der Waals surface area (Å²) < 4.78 is 17.3. The zero-order chi connectivity index (χ0) is 15.1. The lowest BCUT2D eigenvalue weighted by atomic mass is 9.94. The van der Waals surface area contributed by atoms with Crippen molar-refractivity contribution in [3.05, 3.63) is 0 Å². The Bertz CT molecular complexity index is 297. The Kier molecular flexibility index (Phi) is 6.93. The summed E-state index contributed by atoms with van der Waals surface area (Å²) in [4.78, 5) is 0. The first-order valence-corrected chi connectivity index (χ1v) is 8.73. The van der Waals surface area contributed by atoms with E-state index in [9.17, 15) is 5.11 Å². The molecule has 4 atom stereocenters. The number of rotatable bonds is 10. The van der Waals surface area contributed by atoms with E-state index >= 15 is 0 Å². The molecule has 2 fully saturated rings. The molecule has 0 aromatic carbocycles. The van der Waals surface area contributed by atoms with E-state index in [4.69, 9.17) is 14.2 Å². The third-order valence-electron chi connectivity index (χ3n) is 4.86. The van der Waals surface area contributed by atoms with E-state index < -0.39 is 11.7 Å². The molecule has 21 heavy (non-hydrogen) atoms. The highest BCUT2D eigenvalue weighted by molar-refractivity contribution is 5.05. The van der Waals surface area contributed by atoms with Crippen LogP contribution in [0.3, 0.4) is 0 Å². The second-order valence-corrected chi connectivity index (χ2v) is 6.65. The minimum absolute atomic E-state index is 0.0378. The molecule has 0 aromatic heterocycles. The topological polar surface area (TPSA) is 47.9 Å². The van der Waals surface area contributed by atoms with Crippen molar-refractivity contribution in [1.29, 1.82) is 0 Å². The fraction of sp³-hybridized carbons (Fsp3) is 1.00. The predicted molar refractivity (Wildman–Crippen MR) is 82.5 cm³/mol. The van der Waals surface area contributed by atoms with Crippen molar-refractivity contribution >= 4 is 0 Å². The Morgan fingerprint density at radius 1 is 1.05 bits per heavy atom. The molecule has 0 unspecified atom stereocenters. The maximum absolute atomic E-state index is 9.81. The first-order chi connectivity index (χ1) is 10.2.